The van der Waals surface area contributed by atoms with Crippen molar-refractivity contribution in [2.24, 2.45) is 23.7 Å². The van der Waals surface area contributed by atoms with Crippen molar-refractivity contribution in [2.75, 3.05) is 25.1 Å². The Hall–Kier alpha value is -2.83. The summed E-state index contributed by atoms with van der Waals surface area (Å²) in [5, 5.41) is 2.73. The molecule has 2 bridgehead atoms. The molecule has 5 rings (SSSR count). The van der Waals surface area contributed by atoms with Crippen LogP contribution in [0.1, 0.15) is 6.42 Å². The van der Waals surface area contributed by atoms with Crippen molar-refractivity contribution in [3.8, 4) is 11.5 Å². The Bertz CT molecular complexity index is 818. The highest BCUT2D eigenvalue weighted by molar-refractivity contribution is 6.09. The lowest BCUT2D eigenvalue weighted by molar-refractivity contribution is -0.143. The van der Waals surface area contributed by atoms with E-state index in [1.165, 1.54) is 0 Å². The normalized spacial score (nSPS) is 30.7. The van der Waals surface area contributed by atoms with Gasteiger partial charge in [0.25, 0.3) is 0 Å². The lowest BCUT2D eigenvalue weighted by Gasteiger charge is -2.20. The fraction of sp³-hybridized carbons (Fsp3) is 0.421. The van der Waals surface area contributed by atoms with Gasteiger partial charge in [0.1, 0.15) is 19.8 Å². The summed E-state index contributed by atoms with van der Waals surface area (Å²) in [5.41, 5.74) is 0.542. The number of rotatable bonds is 3. The van der Waals surface area contributed by atoms with E-state index in [1.807, 2.05) is 12.2 Å². The molecule has 2 aliphatic heterocycles. The number of ether oxygens (including phenoxy) is 2. The molecule has 26 heavy (non-hydrogen) atoms. The second-order valence-corrected chi connectivity index (χ2v) is 7.17. The van der Waals surface area contributed by atoms with Crippen molar-refractivity contribution in [1.29, 1.82) is 0 Å². The SMILES string of the molecule is O=C(CN1C(=O)[C@@H]2[C@H](C1=O)[C@H]1C=C[C@H]2C1)Nc1ccc2c(c1)OCCO2. The predicted octanol–water partition coefficient (Wildman–Crippen LogP) is 1.20. The molecular weight excluding hydrogens is 336 g/mol. The van der Waals surface area contributed by atoms with Gasteiger partial charge in [-0.2, -0.15) is 0 Å². The summed E-state index contributed by atoms with van der Waals surface area (Å²) in [5.74, 6) is 0.111. The minimum absolute atomic E-state index is 0.146. The third-order valence-corrected chi connectivity index (χ3v) is 5.69. The largest absolute Gasteiger partial charge is 0.486 e. The maximum absolute atomic E-state index is 12.6. The number of benzene rings is 1. The second-order valence-electron chi connectivity index (χ2n) is 7.17. The Kier molecular flexibility index (Phi) is 3.32. The third-order valence-electron chi connectivity index (χ3n) is 5.69. The van der Waals surface area contributed by atoms with E-state index in [2.05, 4.69) is 5.32 Å². The number of nitrogens with one attached hydrogen (secondary N) is 1. The minimum atomic E-state index is -0.399. The molecule has 4 aliphatic rings. The molecule has 2 heterocycles. The fourth-order valence-electron chi connectivity index (χ4n) is 4.59. The van der Waals surface area contributed by atoms with Crippen molar-refractivity contribution >= 4 is 23.4 Å². The summed E-state index contributed by atoms with van der Waals surface area (Å²) in [6.07, 6.45) is 4.95. The van der Waals surface area contributed by atoms with Crippen molar-refractivity contribution in [3.05, 3.63) is 30.4 Å². The van der Waals surface area contributed by atoms with E-state index in [0.717, 1.165) is 11.3 Å². The first-order chi connectivity index (χ1) is 12.6. The van der Waals surface area contributed by atoms with Gasteiger partial charge in [0, 0.05) is 11.8 Å². The van der Waals surface area contributed by atoms with Gasteiger partial charge in [-0.1, -0.05) is 12.2 Å². The molecule has 2 aliphatic carbocycles. The maximum Gasteiger partial charge on any atom is 0.244 e. The van der Waals surface area contributed by atoms with Crippen LogP contribution in [0.15, 0.2) is 30.4 Å². The highest BCUT2D eigenvalue weighted by atomic mass is 16.6. The molecule has 1 N–H and O–H groups in total. The number of likely N-dealkylation sites (tertiary alicyclic amines) is 1. The van der Waals surface area contributed by atoms with Crippen LogP contribution in [0.2, 0.25) is 0 Å². The number of carbonyl (C=O) groups is 3. The van der Waals surface area contributed by atoms with E-state index in [4.69, 9.17) is 9.47 Å². The Morgan fingerprint density at radius 1 is 1.04 bits per heavy atom. The summed E-state index contributed by atoms with van der Waals surface area (Å²) in [6, 6.07) is 5.11. The number of hydrogen-bond acceptors (Lipinski definition) is 5. The lowest BCUT2D eigenvalue weighted by atomic mass is 9.85. The van der Waals surface area contributed by atoms with E-state index >= 15 is 0 Å². The van der Waals surface area contributed by atoms with Gasteiger partial charge < -0.3 is 14.8 Å². The van der Waals surface area contributed by atoms with Gasteiger partial charge in [-0.15, -0.1) is 0 Å². The van der Waals surface area contributed by atoms with Crippen LogP contribution in [0, 0.1) is 23.7 Å². The summed E-state index contributed by atoms with van der Waals surface area (Å²) in [7, 11) is 0. The van der Waals surface area contributed by atoms with Gasteiger partial charge in [-0.05, 0) is 30.4 Å². The summed E-state index contributed by atoms with van der Waals surface area (Å²) < 4.78 is 10.9. The smallest absolute Gasteiger partial charge is 0.244 e. The van der Waals surface area contributed by atoms with Crippen LogP contribution >= 0.6 is 0 Å². The number of amides is 3. The van der Waals surface area contributed by atoms with Crippen molar-refractivity contribution in [2.45, 2.75) is 6.42 Å². The molecule has 0 spiro atoms. The molecule has 1 aromatic carbocycles. The van der Waals surface area contributed by atoms with E-state index < -0.39 is 5.91 Å². The molecule has 0 aromatic heterocycles. The molecule has 1 saturated carbocycles. The average Bonchev–Trinajstić information content (AvgIpc) is 3.32. The van der Waals surface area contributed by atoms with E-state index in [0.29, 0.717) is 30.4 Å². The average molecular weight is 354 g/mol. The zero-order valence-corrected chi connectivity index (χ0v) is 14.0. The summed E-state index contributed by atoms with van der Waals surface area (Å²) >= 11 is 0. The Balaban J connectivity index is 1.28. The van der Waals surface area contributed by atoms with Crippen molar-refractivity contribution in [3.63, 3.8) is 0 Å². The van der Waals surface area contributed by atoms with Gasteiger partial charge in [-0.3, -0.25) is 19.3 Å². The number of imide groups is 1. The van der Waals surface area contributed by atoms with Crippen LogP contribution in [0.4, 0.5) is 5.69 Å². The summed E-state index contributed by atoms with van der Waals surface area (Å²) in [6.45, 7) is 0.704. The predicted molar refractivity (Wildman–Crippen MR) is 90.5 cm³/mol. The minimum Gasteiger partial charge on any atom is -0.486 e. The van der Waals surface area contributed by atoms with Gasteiger partial charge in [0.15, 0.2) is 11.5 Å². The van der Waals surface area contributed by atoms with Crippen LogP contribution in [-0.4, -0.2) is 42.4 Å². The molecule has 134 valence electrons. The highest BCUT2D eigenvalue weighted by Gasteiger charge is 2.59. The molecule has 4 atom stereocenters. The molecule has 7 nitrogen and oxygen atoms in total. The zero-order chi connectivity index (χ0) is 17.8. The number of nitrogens with zero attached hydrogens (tertiary/aromatic N) is 1. The Morgan fingerprint density at radius 3 is 2.38 bits per heavy atom. The molecule has 3 amide bonds. The zero-order valence-electron chi connectivity index (χ0n) is 14.0. The number of anilines is 1. The molecule has 1 saturated heterocycles. The summed E-state index contributed by atoms with van der Waals surface area (Å²) in [4.78, 5) is 38.7. The molecule has 7 heteroatoms. The monoisotopic (exact) mass is 354 g/mol. The first-order valence-corrected chi connectivity index (χ1v) is 8.85. The molecule has 0 radical (unpaired) electrons. The van der Waals surface area contributed by atoms with Crippen LogP contribution < -0.4 is 14.8 Å². The molecule has 2 fully saturated rings. The quantitative estimate of drug-likeness (QED) is 0.651. The van der Waals surface area contributed by atoms with E-state index in [9.17, 15) is 14.4 Å². The van der Waals surface area contributed by atoms with Crippen LogP contribution in [0.3, 0.4) is 0 Å². The Labute approximate surface area is 149 Å². The van der Waals surface area contributed by atoms with Crippen molar-refractivity contribution < 1.29 is 23.9 Å². The Morgan fingerprint density at radius 2 is 1.69 bits per heavy atom. The van der Waals surface area contributed by atoms with Crippen molar-refractivity contribution in [1.82, 2.24) is 4.90 Å². The van der Waals surface area contributed by atoms with Gasteiger partial charge >= 0.3 is 0 Å². The molecule has 1 aromatic rings. The van der Waals surface area contributed by atoms with Gasteiger partial charge in [-0.25, -0.2) is 0 Å². The first kappa shape index (κ1) is 15.4. The fourth-order valence-corrected chi connectivity index (χ4v) is 4.59. The van der Waals surface area contributed by atoms with Crippen LogP contribution in [0.25, 0.3) is 0 Å². The molecule has 0 unspecified atom stereocenters. The van der Waals surface area contributed by atoms with Gasteiger partial charge in [0.05, 0.1) is 11.8 Å². The first-order valence-electron chi connectivity index (χ1n) is 8.85. The second kappa shape index (κ2) is 5.59. The van der Waals surface area contributed by atoms with E-state index in [1.54, 1.807) is 18.2 Å². The van der Waals surface area contributed by atoms with Crippen LogP contribution in [-0.2, 0) is 14.4 Å². The molecular formula is C19H18N2O5. The number of fused-ring (bicyclic) bond motifs is 6. The maximum atomic E-state index is 12.6. The number of hydrogen-bond donors (Lipinski definition) is 1. The topological polar surface area (TPSA) is 84.9 Å². The highest BCUT2D eigenvalue weighted by Crippen LogP contribution is 2.52. The third kappa shape index (κ3) is 2.23. The van der Waals surface area contributed by atoms with Gasteiger partial charge in [0.2, 0.25) is 17.7 Å². The standard InChI is InChI=1S/C19H18N2O5/c22-15(20-12-3-4-13-14(8-12)26-6-5-25-13)9-21-18(23)16-10-1-2-11(7-10)17(16)19(21)24/h1-4,8,10-11,16-17H,5-7,9H2,(H,20,22)/t10-,11-,16-,17+/m0/s1. The number of carbonyl (C=O) groups excluding carboxylic acids is 3. The van der Waals surface area contributed by atoms with E-state index in [-0.39, 0.29) is 42.0 Å². The van der Waals surface area contributed by atoms with Crippen LogP contribution in [0.5, 0.6) is 11.5 Å². The number of allylic oxidation sites excluding steroid dienone is 2. The lowest BCUT2D eigenvalue weighted by Crippen LogP contribution is -2.39.